The number of rotatable bonds is 4. The number of ketones is 1. The Bertz CT molecular complexity index is 1170. The highest BCUT2D eigenvalue weighted by molar-refractivity contribution is 6.05. The number of aliphatic hydroxyl groups is 4. The molecule has 7 atom stereocenters. The number of ether oxygens (including phenoxy) is 2. The summed E-state index contributed by atoms with van der Waals surface area (Å²) in [4.78, 5) is 38.5. The minimum atomic E-state index is -2.92. The molecule has 5 rings (SSSR count). The molecule has 1 aromatic carbocycles. The zero-order valence-electron chi connectivity index (χ0n) is 16.8. The molecular weight excluding hydrogens is 424 g/mol. The Morgan fingerprint density at radius 3 is 2.47 bits per heavy atom. The average Bonchev–Trinajstić information content (AvgIpc) is 2.87. The highest BCUT2D eigenvalue weighted by atomic mass is 16.6. The second-order valence-electron chi connectivity index (χ2n) is 8.49. The molecule has 1 unspecified atom stereocenters. The van der Waals surface area contributed by atoms with Crippen molar-refractivity contribution < 1.29 is 43.9 Å². The van der Waals surface area contributed by atoms with Crippen LogP contribution in [0.25, 0.3) is 0 Å². The quantitative estimate of drug-likeness (QED) is 0.344. The van der Waals surface area contributed by atoms with Gasteiger partial charge in [-0.15, -0.1) is 0 Å². The maximum Gasteiger partial charge on any atom is 0.342 e. The van der Waals surface area contributed by atoms with Crippen LogP contribution in [-0.4, -0.2) is 68.3 Å². The summed E-state index contributed by atoms with van der Waals surface area (Å²) in [7, 11) is 1.28. The topological polar surface area (TPSA) is 164 Å². The number of Topliss-reactive ketones (excluding diaryl/α,β-unsaturated/α-hetero) is 1. The molecule has 10 heteroatoms. The van der Waals surface area contributed by atoms with E-state index in [0.29, 0.717) is 0 Å². The van der Waals surface area contributed by atoms with Gasteiger partial charge in [-0.1, -0.05) is 30.3 Å². The predicted octanol–water partition coefficient (Wildman–Crippen LogP) is -0.872. The molecule has 0 spiro atoms. The zero-order chi connectivity index (χ0) is 23.1. The van der Waals surface area contributed by atoms with Crippen LogP contribution in [-0.2, 0) is 9.53 Å². The molecule has 1 aromatic heterocycles. The third-order valence-corrected chi connectivity index (χ3v) is 6.99. The summed E-state index contributed by atoms with van der Waals surface area (Å²) in [5, 5.41) is 46.1. The van der Waals surface area contributed by atoms with E-state index in [1.807, 2.05) is 0 Å². The van der Waals surface area contributed by atoms with E-state index in [-0.39, 0.29) is 17.1 Å². The molecule has 1 aliphatic heterocycles. The SMILES string of the molecule is COc1cc([C@H]2[C@@]3(O)C(O)[C@H]4C[C@@]2(O)[C@](O)(C(=O)O4)[C@H]3C(=O)c2ccccc2)oc(=O)c1. The molecule has 1 saturated heterocycles. The lowest BCUT2D eigenvalue weighted by molar-refractivity contribution is -0.252. The van der Waals surface area contributed by atoms with E-state index in [4.69, 9.17) is 13.9 Å². The first-order valence-corrected chi connectivity index (χ1v) is 9.93. The molecule has 32 heavy (non-hydrogen) atoms. The van der Waals surface area contributed by atoms with Crippen molar-refractivity contribution in [3.8, 4) is 5.75 Å². The van der Waals surface area contributed by atoms with Gasteiger partial charge < -0.3 is 34.3 Å². The monoisotopic (exact) mass is 444 g/mol. The van der Waals surface area contributed by atoms with Crippen molar-refractivity contribution in [1.82, 2.24) is 0 Å². The molecule has 3 bridgehead atoms. The van der Waals surface area contributed by atoms with Gasteiger partial charge in [0.05, 0.1) is 25.0 Å². The Kier molecular flexibility index (Phi) is 4.22. The summed E-state index contributed by atoms with van der Waals surface area (Å²) < 4.78 is 15.4. The van der Waals surface area contributed by atoms with E-state index >= 15 is 0 Å². The van der Waals surface area contributed by atoms with E-state index in [1.54, 1.807) is 18.2 Å². The van der Waals surface area contributed by atoms with Crippen LogP contribution in [0.1, 0.15) is 28.5 Å². The summed E-state index contributed by atoms with van der Waals surface area (Å²) in [6.07, 6.45) is -3.76. The van der Waals surface area contributed by atoms with Crippen LogP contribution in [0.15, 0.2) is 51.7 Å². The molecule has 10 nitrogen and oxygen atoms in total. The molecule has 4 N–H and O–H groups in total. The van der Waals surface area contributed by atoms with E-state index in [0.717, 1.165) is 6.07 Å². The van der Waals surface area contributed by atoms with Crippen LogP contribution < -0.4 is 10.4 Å². The first kappa shape index (κ1) is 20.8. The first-order valence-electron chi connectivity index (χ1n) is 9.93. The fraction of sp³-hybridized carbons (Fsp3) is 0.409. The van der Waals surface area contributed by atoms with Crippen molar-refractivity contribution in [3.05, 3.63) is 64.2 Å². The van der Waals surface area contributed by atoms with Crippen LogP contribution in [0, 0.1) is 5.92 Å². The van der Waals surface area contributed by atoms with Gasteiger partial charge in [0.2, 0.25) is 5.60 Å². The number of hydrogen-bond acceptors (Lipinski definition) is 10. The highest BCUT2D eigenvalue weighted by Crippen LogP contribution is 2.67. The number of hydrogen-bond donors (Lipinski definition) is 4. The number of carbonyl (C=O) groups excluding carboxylic acids is 2. The fourth-order valence-corrected chi connectivity index (χ4v) is 5.68. The maximum atomic E-state index is 13.5. The molecule has 2 aliphatic carbocycles. The average molecular weight is 444 g/mol. The van der Waals surface area contributed by atoms with E-state index in [1.165, 1.54) is 25.3 Å². The zero-order valence-corrected chi connectivity index (χ0v) is 16.8. The van der Waals surface area contributed by atoms with Gasteiger partial charge >= 0.3 is 11.6 Å². The molecule has 2 aromatic rings. The fourth-order valence-electron chi connectivity index (χ4n) is 5.68. The molecule has 2 heterocycles. The number of aliphatic hydroxyl groups excluding tert-OH is 1. The molecule has 0 amide bonds. The van der Waals surface area contributed by atoms with Gasteiger partial charge in [-0.3, -0.25) is 4.79 Å². The summed E-state index contributed by atoms with van der Waals surface area (Å²) in [6.45, 7) is 0. The molecule has 3 aliphatic rings. The van der Waals surface area contributed by atoms with Crippen LogP contribution in [0.3, 0.4) is 0 Å². The summed E-state index contributed by atoms with van der Waals surface area (Å²) in [6, 6.07) is 9.75. The van der Waals surface area contributed by atoms with Gasteiger partial charge in [-0.2, -0.15) is 0 Å². The molecule has 168 valence electrons. The van der Waals surface area contributed by atoms with Crippen molar-refractivity contribution in [2.45, 2.75) is 41.3 Å². The Balaban J connectivity index is 1.80. The first-order chi connectivity index (χ1) is 15.1. The van der Waals surface area contributed by atoms with Gasteiger partial charge in [0.15, 0.2) is 5.78 Å². The predicted molar refractivity (Wildman–Crippen MR) is 104 cm³/mol. The Hall–Kier alpha value is -3.05. The lowest BCUT2D eigenvalue weighted by atomic mass is 9.65. The van der Waals surface area contributed by atoms with Crippen molar-refractivity contribution in [3.63, 3.8) is 0 Å². The molecular formula is C22H20O10. The Labute approximate surface area is 180 Å². The number of fused-ring (bicyclic) bond motifs is 2. The van der Waals surface area contributed by atoms with Gasteiger partial charge in [0.25, 0.3) is 0 Å². The normalized spacial score (nSPS) is 39.6. The van der Waals surface area contributed by atoms with Crippen LogP contribution in [0.5, 0.6) is 5.75 Å². The summed E-state index contributed by atoms with van der Waals surface area (Å²) >= 11 is 0. The van der Waals surface area contributed by atoms with Gasteiger partial charge in [-0.25, -0.2) is 9.59 Å². The van der Waals surface area contributed by atoms with Crippen molar-refractivity contribution in [2.24, 2.45) is 5.92 Å². The van der Waals surface area contributed by atoms with Crippen LogP contribution >= 0.6 is 0 Å². The standard InChI is InChI=1S/C22H20O10/c1-30-11-7-12(31-14(23)8-11)16-20(27)9-13-18(25)21(16,28)17(22(20,29)19(26)32-13)15(24)10-5-3-2-4-6-10/h2-8,13,16-18,25,27-29H,9H2,1H3/t13-,16-,17+,18?,20+,21+,22-/m1/s1. The second kappa shape index (κ2) is 6.48. The van der Waals surface area contributed by atoms with E-state index in [2.05, 4.69) is 0 Å². The van der Waals surface area contributed by atoms with Gasteiger partial charge in [0.1, 0.15) is 34.9 Å². The van der Waals surface area contributed by atoms with Crippen LogP contribution in [0.4, 0.5) is 0 Å². The van der Waals surface area contributed by atoms with Crippen molar-refractivity contribution >= 4 is 11.8 Å². The summed E-state index contributed by atoms with van der Waals surface area (Å²) in [5.74, 6) is -6.31. The van der Waals surface area contributed by atoms with Crippen LogP contribution in [0.2, 0.25) is 0 Å². The molecule has 3 fully saturated rings. The van der Waals surface area contributed by atoms with E-state index < -0.39 is 64.6 Å². The summed E-state index contributed by atoms with van der Waals surface area (Å²) in [5.41, 5.74) is -8.89. The van der Waals surface area contributed by atoms with Crippen molar-refractivity contribution in [1.29, 1.82) is 0 Å². The molecule has 2 saturated carbocycles. The maximum absolute atomic E-state index is 13.5. The lowest BCUT2D eigenvalue weighted by Gasteiger charge is -2.50. The largest absolute Gasteiger partial charge is 0.496 e. The lowest BCUT2D eigenvalue weighted by Crippen LogP contribution is -2.69. The van der Waals surface area contributed by atoms with E-state index in [9.17, 15) is 34.8 Å². The number of benzene rings is 1. The number of carbonyl (C=O) groups is 2. The molecule has 0 radical (unpaired) electrons. The third-order valence-electron chi connectivity index (χ3n) is 6.99. The van der Waals surface area contributed by atoms with Crippen molar-refractivity contribution in [2.75, 3.05) is 7.11 Å². The van der Waals surface area contributed by atoms with Gasteiger partial charge in [-0.05, 0) is 0 Å². The highest BCUT2D eigenvalue weighted by Gasteiger charge is 2.88. The Morgan fingerprint density at radius 2 is 1.81 bits per heavy atom. The smallest absolute Gasteiger partial charge is 0.342 e. The number of methoxy groups -OCH3 is 1. The minimum Gasteiger partial charge on any atom is -0.496 e. The number of esters is 1. The minimum absolute atomic E-state index is 0.0218. The third kappa shape index (κ3) is 2.29. The van der Waals surface area contributed by atoms with Gasteiger partial charge in [0, 0.05) is 18.1 Å². The second-order valence-corrected chi connectivity index (χ2v) is 8.49. The Morgan fingerprint density at radius 1 is 1.12 bits per heavy atom.